The van der Waals surface area contributed by atoms with Crippen molar-refractivity contribution in [3.05, 3.63) is 65.3 Å². The normalized spacial score (nSPS) is 10.8. The van der Waals surface area contributed by atoms with Crippen LogP contribution in [-0.2, 0) is 0 Å². The van der Waals surface area contributed by atoms with Crippen LogP contribution in [0, 0.1) is 6.92 Å². The number of nitrogens with zero attached hydrogens (tertiary/aromatic N) is 1. The molecule has 0 atom stereocenters. The highest BCUT2D eigenvalue weighted by atomic mass is 35.5. The molecule has 0 spiro atoms. The number of pyridine rings is 1. The van der Waals surface area contributed by atoms with Crippen LogP contribution in [0.4, 0.5) is 0 Å². The molecule has 3 rings (SSSR count). The Labute approximate surface area is 111 Å². The van der Waals surface area contributed by atoms with E-state index in [9.17, 15) is 0 Å². The predicted octanol–water partition coefficient (Wildman–Crippen LogP) is 4.86. The van der Waals surface area contributed by atoms with Gasteiger partial charge in [-0.15, -0.1) is 0 Å². The Morgan fingerprint density at radius 2 is 1.67 bits per heavy atom. The number of aryl methyl sites for hydroxylation is 1. The van der Waals surface area contributed by atoms with Gasteiger partial charge in [0.25, 0.3) is 0 Å². The summed E-state index contributed by atoms with van der Waals surface area (Å²) >= 11 is 5.90. The molecule has 0 bridgehead atoms. The SMILES string of the molecule is Cc1ccc2ncc(-c3ccc(Cl)cc3)cc2c1. The smallest absolute Gasteiger partial charge is 0.0702 e. The second-order valence-corrected chi connectivity index (χ2v) is 4.86. The van der Waals surface area contributed by atoms with E-state index >= 15 is 0 Å². The Hall–Kier alpha value is -1.86. The number of rotatable bonds is 1. The Morgan fingerprint density at radius 1 is 0.889 bits per heavy atom. The van der Waals surface area contributed by atoms with Crippen molar-refractivity contribution in [1.29, 1.82) is 0 Å². The molecule has 1 aromatic heterocycles. The lowest BCUT2D eigenvalue weighted by atomic mass is 10.0. The maximum atomic E-state index is 5.90. The van der Waals surface area contributed by atoms with Crippen molar-refractivity contribution in [3.63, 3.8) is 0 Å². The van der Waals surface area contributed by atoms with Crippen molar-refractivity contribution >= 4 is 22.5 Å². The van der Waals surface area contributed by atoms with E-state index in [1.165, 1.54) is 10.9 Å². The Morgan fingerprint density at radius 3 is 2.44 bits per heavy atom. The maximum absolute atomic E-state index is 5.90. The molecule has 0 amide bonds. The standard InChI is InChI=1S/C16H12ClN/c1-11-2-7-16-13(8-11)9-14(10-18-16)12-3-5-15(17)6-4-12/h2-10H,1H3. The van der Waals surface area contributed by atoms with Gasteiger partial charge < -0.3 is 0 Å². The monoisotopic (exact) mass is 253 g/mol. The van der Waals surface area contributed by atoms with Crippen LogP contribution in [0.2, 0.25) is 5.02 Å². The molecule has 1 nitrogen and oxygen atoms in total. The average Bonchev–Trinajstić information content (AvgIpc) is 2.38. The molecule has 0 radical (unpaired) electrons. The summed E-state index contributed by atoms with van der Waals surface area (Å²) in [5.41, 5.74) is 4.52. The Bertz CT molecular complexity index is 702. The second kappa shape index (κ2) is 4.43. The first-order valence-electron chi connectivity index (χ1n) is 5.85. The van der Waals surface area contributed by atoms with Crippen LogP contribution in [0.1, 0.15) is 5.56 Å². The first kappa shape index (κ1) is 11.2. The van der Waals surface area contributed by atoms with Gasteiger partial charge in [0, 0.05) is 22.2 Å². The zero-order chi connectivity index (χ0) is 12.5. The lowest BCUT2D eigenvalue weighted by Gasteiger charge is -2.04. The predicted molar refractivity (Wildman–Crippen MR) is 76.9 cm³/mol. The van der Waals surface area contributed by atoms with Gasteiger partial charge in [-0.3, -0.25) is 4.98 Å². The molecular weight excluding hydrogens is 242 g/mol. The van der Waals surface area contributed by atoms with Crippen LogP contribution >= 0.6 is 11.6 Å². The van der Waals surface area contributed by atoms with E-state index in [1.807, 2.05) is 30.5 Å². The fraction of sp³-hybridized carbons (Fsp3) is 0.0625. The Balaban J connectivity index is 2.15. The van der Waals surface area contributed by atoms with Gasteiger partial charge in [0.05, 0.1) is 5.52 Å². The van der Waals surface area contributed by atoms with E-state index in [0.29, 0.717) is 0 Å². The molecule has 0 fully saturated rings. The van der Waals surface area contributed by atoms with E-state index in [-0.39, 0.29) is 0 Å². The topological polar surface area (TPSA) is 12.9 Å². The quantitative estimate of drug-likeness (QED) is 0.603. The molecule has 2 aromatic carbocycles. The first-order valence-corrected chi connectivity index (χ1v) is 6.22. The van der Waals surface area contributed by atoms with Crippen LogP contribution in [-0.4, -0.2) is 4.98 Å². The minimum absolute atomic E-state index is 0.753. The summed E-state index contributed by atoms with van der Waals surface area (Å²) in [7, 11) is 0. The zero-order valence-corrected chi connectivity index (χ0v) is 10.8. The maximum Gasteiger partial charge on any atom is 0.0702 e. The number of aromatic nitrogens is 1. The molecule has 0 aliphatic carbocycles. The van der Waals surface area contributed by atoms with Crippen LogP contribution in [0.25, 0.3) is 22.0 Å². The van der Waals surface area contributed by atoms with Crippen LogP contribution in [0.3, 0.4) is 0 Å². The van der Waals surface area contributed by atoms with Gasteiger partial charge >= 0.3 is 0 Å². The molecule has 1 heterocycles. The van der Waals surface area contributed by atoms with E-state index in [4.69, 9.17) is 11.6 Å². The molecule has 0 saturated heterocycles. The van der Waals surface area contributed by atoms with Gasteiger partial charge in [-0.1, -0.05) is 35.4 Å². The third kappa shape index (κ3) is 2.09. The van der Waals surface area contributed by atoms with Crippen LogP contribution < -0.4 is 0 Å². The number of hydrogen-bond donors (Lipinski definition) is 0. The van der Waals surface area contributed by atoms with E-state index in [2.05, 4.69) is 36.2 Å². The highest BCUT2D eigenvalue weighted by molar-refractivity contribution is 6.30. The minimum Gasteiger partial charge on any atom is -0.256 e. The number of benzene rings is 2. The van der Waals surface area contributed by atoms with Gasteiger partial charge in [-0.25, -0.2) is 0 Å². The summed E-state index contributed by atoms with van der Waals surface area (Å²) in [5.74, 6) is 0. The molecule has 88 valence electrons. The lowest BCUT2D eigenvalue weighted by Crippen LogP contribution is -1.83. The number of hydrogen-bond acceptors (Lipinski definition) is 1. The first-order chi connectivity index (χ1) is 8.72. The van der Waals surface area contributed by atoms with Crippen molar-refractivity contribution < 1.29 is 0 Å². The fourth-order valence-corrected chi connectivity index (χ4v) is 2.18. The van der Waals surface area contributed by atoms with E-state index < -0.39 is 0 Å². The summed E-state index contributed by atoms with van der Waals surface area (Å²) in [6, 6.07) is 16.3. The molecular formula is C16H12ClN. The Kier molecular flexibility index (Phi) is 2.77. The van der Waals surface area contributed by atoms with Gasteiger partial charge in [0.1, 0.15) is 0 Å². The molecule has 0 unspecified atom stereocenters. The summed E-state index contributed by atoms with van der Waals surface area (Å²) in [5, 5.41) is 1.92. The van der Waals surface area contributed by atoms with Crippen molar-refractivity contribution in [2.24, 2.45) is 0 Å². The third-order valence-electron chi connectivity index (χ3n) is 3.01. The van der Waals surface area contributed by atoms with Gasteiger partial charge in [-0.05, 0) is 42.8 Å². The molecule has 18 heavy (non-hydrogen) atoms. The van der Waals surface area contributed by atoms with Crippen molar-refractivity contribution in [2.75, 3.05) is 0 Å². The fourth-order valence-electron chi connectivity index (χ4n) is 2.05. The number of halogens is 1. The van der Waals surface area contributed by atoms with Crippen molar-refractivity contribution in [1.82, 2.24) is 4.98 Å². The molecule has 0 aliphatic heterocycles. The second-order valence-electron chi connectivity index (χ2n) is 4.43. The van der Waals surface area contributed by atoms with E-state index in [0.717, 1.165) is 21.7 Å². The van der Waals surface area contributed by atoms with Gasteiger partial charge in [0.15, 0.2) is 0 Å². The number of fused-ring (bicyclic) bond motifs is 1. The highest BCUT2D eigenvalue weighted by Crippen LogP contribution is 2.24. The third-order valence-corrected chi connectivity index (χ3v) is 3.27. The minimum atomic E-state index is 0.753. The molecule has 0 N–H and O–H groups in total. The summed E-state index contributed by atoms with van der Waals surface area (Å²) in [6.45, 7) is 2.09. The average molecular weight is 254 g/mol. The van der Waals surface area contributed by atoms with E-state index in [1.54, 1.807) is 0 Å². The lowest BCUT2D eigenvalue weighted by molar-refractivity contribution is 1.39. The van der Waals surface area contributed by atoms with Crippen molar-refractivity contribution in [2.45, 2.75) is 6.92 Å². The zero-order valence-electron chi connectivity index (χ0n) is 10.0. The summed E-state index contributed by atoms with van der Waals surface area (Å²) < 4.78 is 0. The molecule has 0 aliphatic rings. The summed E-state index contributed by atoms with van der Waals surface area (Å²) in [6.07, 6.45) is 1.90. The molecule has 3 aromatic rings. The van der Waals surface area contributed by atoms with Crippen molar-refractivity contribution in [3.8, 4) is 11.1 Å². The van der Waals surface area contributed by atoms with Crippen LogP contribution in [0.15, 0.2) is 54.7 Å². The highest BCUT2D eigenvalue weighted by Gasteiger charge is 2.01. The summed E-state index contributed by atoms with van der Waals surface area (Å²) in [4.78, 5) is 4.49. The van der Waals surface area contributed by atoms with Gasteiger partial charge in [0.2, 0.25) is 0 Å². The van der Waals surface area contributed by atoms with Gasteiger partial charge in [-0.2, -0.15) is 0 Å². The van der Waals surface area contributed by atoms with Crippen LogP contribution in [0.5, 0.6) is 0 Å². The molecule has 2 heteroatoms. The molecule has 0 saturated carbocycles. The largest absolute Gasteiger partial charge is 0.256 e.